The monoisotopic (exact) mass is 350 g/mol. The Labute approximate surface area is 137 Å². The minimum absolute atomic E-state index is 0.0383. The first-order valence-electron chi connectivity index (χ1n) is 6.74. The Bertz CT molecular complexity index is 576. The van der Waals surface area contributed by atoms with Crippen molar-refractivity contribution in [2.45, 2.75) is 19.5 Å². The van der Waals surface area contributed by atoms with Gasteiger partial charge in [-0.2, -0.15) is 13.2 Å². The van der Waals surface area contributed by atoms with Crippen molar-refractivity contribution >= 4 is 17.6 Å². The first-order valence-corrected chi connectivity index (χ1v) is 7.11. The molecule has 0 spiro atoms. The zero-order valence-corrected chi connectivity index (χ0v) is 13.3. The molecule has 5 nitrogen and oxygen atoms in total. The second-order valence-electron chi connectivity index (χ2n) is 4.80. The lowest BCUT2D eigenvalue weighted by molar-refractivity contribution is -0.137. The second-order valence-corrected chi connectivity index (χ2v) is 5.20. The van der Waals surface area contributed by atoms with Crippen molar-refractivity contribution in [3.63, 3.8) is 0 Å². The van der Waals surface area contributed by atoms with Crippen molar-refractivity contribution < 1.29 is 17.9 Å². The fraction of sp³-hybridized carbons (Fsp3) is 0.429. The minimum Gasteiger partial charge on any atom is -0.477 e. The number of guanidine groups is 1. The number of aromatic nitrogens is 1. The molecule has 3 N–H and O–H groups in total. The first kappa shape index (κ1) is 19.1. The second kappa shape index (κ2) is 8.61. The summed E-state index contributed by atoms with van der Waals surface area (Å²) < 4.78 is 42.6. The summed E-state index contributed by atoms with van der Waals surface area (Å²) in [5.41, 5.74) is 5.59. The van der Waals surface area contributed by atoms with Gasteiger partial charge in [-0.25, -0.2) is 9.98 Å². The van der Waals surface area contributed by atoms with Crippen LogP contribution in [0.3, 0.4) is 0 Å². The molecule has 1 heterocycles. The van der Waals surface area contributed by atoms with Crippen LogP contribution in [0.5, 0.6) is 5.88 Å². The third-order valence-corrected chi connectivity index (χ3v) is 2.79. The van der Waals surface area contributed by atoms with E-state index in [1.54, 1.807) is 0 Å². The van der Waals surface area contributed by atoms with Gasteiger partial charge in [0.2, 0.25) is 5.88 Å². The number of hydrogen-bond donors (Lipinski definition) is 2. The number of nitrogens with two attached hydrogens (primary N) is 1. The quantitative estimate of drug-likeness (QED) is 0.343. The third kappa shape index (κ3) is 7.23. The van der Waals surface area contributed by atoms with Gasteiger partial charge in [0, 0.05) is 12.7 Å². The van der Waals surface area contributed by atoms with Crippen LogP contribution < -0.4 is 15.8 Å². The summed E-state index contributed by atoms with van der Waals surface area (Å²) in [6, 6.07) is 0.782. The van der Waals surface area contributed by atoms with E-state index in [0.29, 0.717) is 31.7 Å². The van der Waals surface area contributed by atoms with Crippen molar-refractivity contribution in [2.24, 2.45) is 10.7 Å². The van der Waals surface area contributed by atoms with Crippen LogP contribution >= 0.6 is 11.6 Å². The molecule has 1 rings (SSSR count). The number of hydrogen-bond acceptors (Lipinski definition) is 3. The van der Waals surface area contributed by atoms with E-state index in [0.717, 1.165) is 11.6 Å². The number of aliphatic imine (C=N–C) groups is 1. The van der Waals surface area contributed by atoms with E-state index in [2.05, 4.69) is 21.9 Å². The molecule has 0 bridgehead atoms. The molecular formula is C14H18ClF3N4O. The highest BCUT2D eigenvalue weighted by Gasteiger charge is 2.31. The standard InChI is InChI=1S/C14H18ClF3N4O/c1-9(2)7-22-13(19)20-4-3-5-23-12-11(15)6-10(8-21-12)14(16,17)18/h6,8H,1,3-5,7H2,2H3,(H3,19,20,22). The Kier molecular flexibility index (Phi) is 7.15. The van der Waals surface area contributed by atoms with Crippen molar-refractivity contribution in [2.75, 3.05) is 19.7 Å². The summed E-state index contributed by atoms with van der Waals surface area (Å²) in [5.74, 6) is 0.252. The molecule has 1 aromatic heterocycles. The maximum Gasteiger partial charge on any atom is 0.417 e. The highest BCUT2D eigenvalue weighted by molar-refractivity contribution is 6.31. The number of halogens is 4. The fourth-order valence-electron chi connectivity index (χ4n) is 1.42. The van der Waals surface area contributed by atoms with E-state index < -0.39 is 11.7 Å². The van der Waals surface area contributed by atoms with Gasteiger partial charge in [0.05, 0.1) is 18.7 Å². The van der Waals surface area contributed by atoms with Crippen LogP contribution in [0.15, 0.2) is 29.4 Å². The van der Waals surface area contributed by atoms with Gasteiger partial charge in [-0.05, 0) is 19.4 Å². The maximum absolute atomic E-state index is 12.5. The zero-order valence-electron chi connectivity index (χ0n) is 12.6. The molecule has 0 aliphatic heterocycles. The summed E-state index contributed by atoms with van der Waals surface area (Å²) in [7, 11) is 0. The van der Waals surface area contributed by atoms with Crippen molar-refractivity contribution in [1.29, 1.82) is 0 Å². The third-order valence-electron chi connectivity index (χ3n) is 2.52. The summed E-state index contributed by atoms with van der Waals surface area (Å²) in [5, 5.41) is 2.69. The molecule has 0 amide bonds. The lowest BCUT2D eigenvalue weighted by Crippen LogP contribution is -2.33. The van der Waals surface area contributed by atoms with Crippen LogP contribution in [-0.2, 0) is 6.18 Å². The van der Waals surface area contributed by atoms with Gasteiger partial charge in [-0.15, -0.1) is 0 Å². The van der Waals surface area contributed by atoms with Gasteiger partial charge in [0.1, 0.15) is 5.02 Å². The molecule has 0 saturated carbocycles. The summed E-state index contributed by atoms with van der Waals surface area (Å²) in [6.45, 7) is 6.69. The molecule has 0 radical (unpaired) electrons. The van der Waals surface area contributed by atoms with Gasteiger partial charge in [-0.3, -0.25) is 0 Å². The predicted octanol–water partition coefficient (Wildman–Crippen LogP) is 3.00. The number of pyridine rings is 1. The molecule has 0 aromatic carbocycles. The fourth-order valence-corrected chi connectivity index (χ4v) is 1.64. The zero-order chi connectivity index (χ0) is 17.5. The van der Waals surface area contributed by atoms with Crippen molar-refractivity contribution in [3.05, 3.63) is 35.0 Å². The van der Waals surface area contributed by atoms with E-state index >= 15 is 0 Å². The molecule has 128 valence electrons. The number of nitrogens with zero attached hydrogens (tertiary/aromatic N) is 2. The van der Waals surface area contributed by atoms with E-state index in [1.807, 2.05) is 6.92 Å². The molecule has 0 saturated heterocycles. The lowest BCUT2D eigenvalue weighted by Gasteiger charge is -2.10. The predicted molar refractivity (Wildman–Crippen MR) is 83.7 cm³/mol. The largest absolute Gasteiger partial charge is 0.477 e. The Balaban J connectivity index is 2.37. The Hall–Kier alpha value is -1.96. The van der Waals surface area contributed by atoms with Crippen LogP contribution in [0.4, 0.5) is 13.2 Å². The van der Waals surface area contributed by atoms with Crippen molar-refractivity contribution in [3.8, 4) is 5.88 Å². The van der Waals surface area contributed by atoms with Gasteiger partial charge in [-0.1, -0.05) is 23.8 Å². The van der Waals surface area contributed by atoms with Crippen LogP contribution in [0.1, 0.15) is 18.9 Å². The van der Waals surface area contributed by atoms with E-state index in [1.165, 1.54) is 0 Å². The van der Waals surface area contributed by atoms with E-state index in [9.17, 15) is 13.2 Å². The van der Waals surface area contributed by atoms with Crippen molar-refractivity contribution in [1.82, 2.24) is 10.3 Å². The molecule has 0 aliphatic carbocycles. The summed E-state index contributed by atoms with van der Waals surface area (Å²) in [6.07, 6.45) is -3.26. The maximum atomic E-state index is 12.5. The first-order chi connectivity index (χ1) is 10.7. The molecular weight excluding hydrogens is 333 g/mol. The molecule has 0 fully saturated rings. The highest BCUT2D eigenvalue weighted by atomic mass is 35.5. The number of nitrogens with one attached hydrogen (secondary N) is 1. The van der Waals surface area contributed by atoms with Gasteiger partial charge in [0.25, 0.3) is 0 Å². The molecule has 1 aromatic rings. The van der Waals surface area contributed by atoms with Crippen LogP contribution in [0.2, 0.25) is 5.02 Å². The average molecular weight is 351 g/mol. The highest BCUT2D eigenvalue weighted by Crippen LogP contribution is 2.33. The molecule has 0 aliphatic rings. The smallest absolute Gasteiger partial charge is 0.417 e. The number of ether oxygens (including phenoxy) is 1. The van der Waals surface area contributed by atoms with Gasteiger partial charge < -0.3 is 15.8 Å². The Morgan fingerprint density at radius 2 is 2.22 bits per heavy atom. The summed E-state index contributed by atoms with van der Waals surface area (Å²) >= 11 is 5.72. The van der Waals surface area contributed by atoms with E-state index in [-0.39, 0.29) is 17.5 Å². The lowest BCUT2D eigenvalue weighted by atomic mass is 10.3. The SMILES string of the molecule is C=C(C)CN=C(N)NCCCOc1ncc(C(F)(F)F)cc1Cl. The molecule has 0 unspecified atom stereocenters. The normalized spacial score (nSPS) is 12.1. The Morgan fingerprint density at radius 1 is 1.52 bits per heavy atom. The molecule has 9 heteroatoms. The number of rotatable bonds is 7. The Morgan fingerprint density at radius 3 is 2.78 bits per heavy atom. The number of alkyl halides is 3. The topological polar surface area (TPSA) is 72.5 Å². The van der Waals surface area contributed by atoms with Gasteiger partial charge in [0.15, 0.2) is 5.96 Å². The minimum atomic E-state index is -4.49. The average Bonchev–Trinajstić information content (AvgIpc) is 2.45. The van der Waals surface area contributed by atoms with Crippen LogP contribution in [-0.4, -0.2) is 30.6 Å². The summed E-state index contributed by atoms with van der Waals surface area (Å²) in [4.78, 5) is 7.60. The van der Waals surface area contributed by atoms with Gasteiger partial charge >= 0.3 is 6.18 Å². The van der Waals surface area contributed by atoms with Crippen LogP contribution in [0, 0.1) is 0 Å². The molecule has 0 atom stereocenters. The van der Waals surface area contributed by atoms with Crippen LogP contribution in [0.25, 0.3) is 0 Å². The molecule has 23 heavy (non-hydrogen) atoms. The van der Waals surface area contributed by atoms with E-state index in [4.69, 9.17) is 22.1 Å².